The molecule has 0 spiro atoms. The molecule has 202 valence electrons. The summed E-state index contributed by atoms with van der Waals surface area (Å²) >= 11 is 4.41. The number of aliphatic hydroxyl groups is 1. The molecular weight excluding hydrogens is 514 g/mol. The maximum absolute atomic E-state index is 15.3. The maximum atomic E-state index is 15.3. The minimum absolute atomic E-state index is 0.184. The molecule has 0 amide bonds. The van der Waals surface area contributed by atoms with Gasteiger partial charge in [-0.25, -0.2) is 17.6 Å². The standard InChI is InChI=1S/C25H29F4N3O4S/c1-14(2)18-11-21(31-5-7-36-8-6-31)22(34)4-3-17(18)23-19(26)9-15(10-20(23)27)32(35)13-16(33)12-30-25(37)24(28)29/h3-4,9-11,14,16,24,33,35H,5-8,12-13H2,1-2H3,(H,30,37)/t16-/m0/s1. The van der Waals surface area contributed by atoms with Gasteiger partial charge >= 0.3 is 0 Å². The molecule has 0 saturated carbocycles. The van der Waals surface area contributed by atoms with Crippen molar-refractivity contribution in [2.75, 3.05) is 49.4 Å². The molecule has 7 nitrogen and oxygen atoms in total. The third-order valence-electron chi connectivity index (χ3n) is 5.92. The predicted octanol–water partition coefficient (Wildman–Crippen LogP) is 3.69. The lowest BCUT2D eigenvalue weighted by Crippen LogP contribution is -2.40. The van der Waals surface area contributed by atoms with Crippen LogP contribution in [0.4, 0.5) is 28.9 Å². The maximum Gasteiger partial charge on any atom is 0.288 e. The van der Waals surface area contributed by atoms with E-state index in [0.717, 1.165) is 12.1 Å². The SMILES string of the molecule is CC(C)c1cc(N2CCOCC2)c(=O)ccc1-c1c(F)cc(N(O)C[C@@H](O)CNC(=S)C(F)F)cc1F. The van der Waals surface area contributed by atoms with Gasteiger partial charge in [0.1, 0.15) is 16.6 Å². The number of anilines is 2. The van der Waals surface area contributed by atoms with Crippen LogP contribution in [0.5, 0.6) is 0 Å². The first-order valence-electron chi connectivity index (χ1n) is 11.7. The summed E-state index contributed by atoms with van der Waals surface area (Å²) in [6, 6.07) is 6.11. The zero-order chi connectivity index (χ0) is 27.3. The van der Waals surface area contributed by atoms with Gasteiger partial charge in [0.05, 0.1) is 42.8 Å². The highest BCUT2D eigenvalue weighted by Crippen LogP contribution is 2.35. The molecule has 37 heavy (non-hydrogen) atoms. The van der Waals surface area contributed by atoms with E-state index in [1.54, 1.807) is 6.07 Å². The summed E-state index contributed by atoms with van der Waals surface area (Å²) in [4.78, 5) is 14.0. The highest BCUT2D eigenvalue weighted by molar-refractivity contribution is 7.80. The number of aliphatic hydroxyl groups excluding tert-OH is 1. The molecule has 2 aromatic carbocycles. The summed E-state index contributed by atoms with van der Waals surface area (Å²) in [5.74, 6) is -2.17. The minimum Gasteiger partial charge on any atom is -0.389 e. The van der Waals surface area contributed by atoms with Crippen LogP contribution >= 0.6 is 12.2 Å². The summed E-state index contributed by atoms with van der Waals surface area (Å²) in [6.45, 7) is 4.74. The molecule has 0 radical (unpaired) electrons. The Kier molecular flexibility index (Phi) is 9.82. The van der Waals surface area contributed by atoms with Crippen molar-refractivity contribution in [1.82, 2.24) is 5.32 Å². The number of hydrogen-bond acceptors (Lipinski definition) is 7. The highest BCUT2D eigenvalue weighted by atomic mass is 32.1. The molecule has 0 aliphatic carbocycles. The second kappa shape index (κ2) is 12.6. The van der Waals surface area contributed by atoms with Crippen LogP contribution in [-0.4, -0.2) is 67.2 Å². The van der Waals surface area contributed by atoms with Gasteiger partial charge in [0.25, 0.3) is 6.43 Å². The molecule has 1 aliphatic heterocycles. The van der Waals surface area contributed by atoms with Gasteiger partial charge in [0.2, 0.25) is 5.43 Å². The number of nitrogens with zero attached hydrogens (tertiary/aromatic N) is 2. The normalized spacial score (nSPS) is 14.7. The summed E-state index contributed by atoms with van der Waals surface area (Å²) in [7, 11) is 0. The number of hydrogen-bond donors (Lipinski definition) is 3. The lowest BCUT2D eigenvalue weighted by atomic mass is 9.93. The van der Waals surface area contributed by atoms with Gasteiger partial charge in [-0.1, -0.05) is 26.1 Å². The van der Waals surface area contributed by atoms with Crippen molar-refractivity contribution < 1.29 is 32.6 Å². The van der Waals surface area contributed by atoms with Crippen LogP contribution in [0.25, 0.3) is 11.1 Å². The highest BCUT2D eigenvalue weighted by Gasteiger charge is 2.22. The average molecular weight is 544 g/mol. The van der Waals surface area contributed by atoms with E-state index in [2.05, 4.69) is 17.5 Å². The number of rotatable bonds is 9. The number of benzene rings is 1. The molecule has 3 N–H and O–H groups in total. The lowest BCUT2D eigenvalue weighted by Gasteiger charge is -2.28. The Bertz CT molecular complexity index is 1160. The van der Waals surface area contributed by atoms with Crippen molar-refractivity contribution in [2.24, 2.45) is 0 Å². The fourth-order valence-electron chi connectivity index (χ4n) is 4.02. The average Bonchev–Trinajstić information content (AvgIpc) is 3.01. The quantitative estimate of drug-likeness (QED) is 0.251. The van der Waals surface area contributed by atoms with Crippen LogP contribution in [0, 0.1) is 11.6 Å². The molecule has 0 unspecified atom stereocenters. The fourth-order valence-corrected chi connectivity index (χ4v) is 4.11. The van der Waals surface area contributed by atoms with E-state index in [1.165, 1.54) is 12.1 Å². The first-order valence-corrected chi connectivity index (χ1v) is 12.1. The first-order chi connectivity index (χ1) is 17.5. The van der Waals surface area contributed by atoms with Crippen LogP contribution < -0.4 is 20.7 Å². The van der Waals surface area contributed by atoms with Gasteiger partial charge in [-0.05, 0) is 35.2 Å². The van der Waals surface area contributed by atoms with E-state index in [-0.39, 0.29) is 28.2 Å². The van der Waals surface area contributed by atoms with E-state index in [0.29, 0.717) is 42.6 Å². The number of thiocarbonyl (C=S) groups is 1. The van der Waals surface area contributed by atoms with E-state index < -0.39 is 42.2 Å². The molecule has 1 heterocycles. The van der Waals surface area contributed by atoms with Crippen molar-refractivity contribution in [1.29, 1.82) is 0 Å². The molecule has 3 rings (SSSR count). The monoisotopic (exact) mass is 543 g/mol. The van der Waals surface area contributed by atoms with E-state index >= 15 is 8.78 Å². The summed E-state index contributed by atoms with van der Waals surface area (Å²) < 4.78 is 60.9. The zero-order valence-corrected chi connectivity index (χ0v) is 21.2. The summed E-state index contributed by atoms with van der Waals surface area (Å²) in [5.41, 5.74) is 0.232. The largest absolute Gasteiger partial charge is 0.389 e. The third-order valence-corrected chi connectivity index (χ3v) is 6.24. The summed E-state index contributed by atoms with van der Waals surface area (Å²) in [5, 5.41) is 22.8. The Morgan fingerprint density at radius 3 is 2.35 bits per heavy atom. The molecular formula is C25H29F4N3O4S. The number of nitrogens with one attached hydrogen (secondary N) is 1. The van der Waals surface area contributed by atoms with Crippen molar-refractivity contribution in [2.45, 2.75) is 32.3 Å². The van der Waals surface area contributed by atoms with Crippen molar-refractivity contribution >= 4 is 28.6 Å². The number of alkyl halides is 2. The van der Waals surface area contributed by atoms with E-state index in [1.807, 2.05) is 18.7 Å². The van der Waals surface area contributed by atoms with Crippen molar-refractivity contribution in [3.8, 4) is 11.1 Å². The van der Waals surface area contributed by atoms with E-state index in [9.17, 15) is 23.9 Å². The minimum atomic E-state index is -2.90. The molecule has 12 heteroatoms. The Hall–Kier alpha value is -2.80. The van der Waals surface area contributed by atoms with Crippen LogP contribution in [-0.2, 0) is 4.74 Å². The molecule has 1 aliphatic rings. The Labute approximate surface area is 217 Å². The van der Waals surface area contributed by atoms with Crippen LogP contribution in [0.1, 0.15) is 25.3 Å². The first kappa shape index (κ1) is 28.8. The molecule has 0 bridgehead atoms. The van der Waals surface area contributed by atoms with E-state index in [4.69, 9.17) is 4.74 Å². The second-order valence-electron chi connectivity index (χ2n) is 8.92. The van der Waals surface area contributed by atoms with Crippen LogP contribution in [0.15, 0.2) is 35.1 Å². The summed E-state index contributed by atoms with van der Waals surface area (Å²) in [6.07, 6.45) is -4.27. The second-order valence-corrected chi connectivity index (χ2v) is 9.36. The Balaban J connectivity index is 1.92. The molecule has 1 atom stereocenters. The van der Waals surface area contributed by atoms with Crippen molar-refractivity contribution in [3.05, 3.63) is 57.8 Å². The van der Waals surface area contributed by atoms with Gasteiger partial charge in [-0.2, -0.15) is 0 Å². The topological polar surface area (TPSA) is 85.3 Å². The third kappa shape index (κ3) is 7.16. The molecule has 1 saturated heterocycles. The zero-order valence-electron chi connectivity index (χ0n) is 20.4. The molecule has 1 fully saturated rings. The number of morpholine rings is 1. The number of ether oxygens (including phenoxy) is 1. The molecule has 0 aromatic heterocycles. The number of halogens is 4. The van der Waals surface area contributed by atoms with Gasteiger partial charge in [0.15, 0.2) is 0 Å². The molecule has 2 aromatic rings. The van der Waals surface area contributed by atoms with Gasteiger partial charge in [-0.15, -0.1) is 0 Å². The fraction of sp³-hybridized carbons (Fsp3) is 0.440. The van der Waals surface area contributed by atoms with Crippen molar-refractivity contribution in [3.63, 3.8) is 0 Å². The number of hydroxylamine groups is 1. The van der Waals surface area contributed by atoms with Gasteiger partial charge in [-0.3, -0.25) is 15.1 Å². The van der Waals surface area contributed by atoms with Gasteiger partial charge in [0, 0.05) is 31.8 Å². The van der Waals surface area contributed by atoms with Crippen LogP contribution in [0.3, 0.4) is 0 Å². The Morgan fingerprint density at radius 1 is 1.16 bits per heavy atom. The van der Waals surface area contributed by atoms with Crippen LogP contribution in [0.2, 0.25) is 0 Å². The smallest absolute Gasteiger partial charge is 0.288 e. The lowest BCUT2D eigenvalue weighted by molar-refractivity contribution is 0.122. The predicted molar refractivity (Wildman–Crippen MR) is 137 cm³/mol. The Morgan fingerprint density at radius 2 is 1.78 bits per heavy atom. The van der Waals surface area contributed by atoms with Gasteiger partial charge < -0.3 is 20.1 Å².